The number of ether oxygens (including phenoxy) is 1. The first-order valence-corrected chi connectivity index (χ1v) is 12.0. The van der Waals surface area contributed by atoms with E-state index in [-0.39, 0.29) is 22.4 Å². The molecule has 0 aromatic heterocycles. The van der Waals surface area contributed by atoms with Crippen LogP contribution in [0, 0.1) is 19.7 Å². The quantitative estimate of drug-likeness (QED) is 0.413. The predicted octanol–water partition coefficient (Wildman–Crippen LogP) is 7.03. The number of aryl methyl sites for hydroxylation is 2. The standard InChI is InChI=1S/C26H23ClFN3O2S/c1-15-9-23-24(10-16(15)2)31-26(13-22(29-23)17-5-4-6-19(11-17)33-3)34-14-25(32)30-21-8-7-18(27)12-20(21)28/h4-12H,13-14H2,1-3H3,(H,30,32). The van der Waals surface area contributed by atoms with Crippen molar-refractivity contribution in [2.24, 2.45) is 9.98 Å². The van der Waals surface area contributed by atoms with Gasteiger partial charge in [-0.3, -0.25) is 9.79 Å². The molecule has 0 unspecified atom stereocenters. The molecule has 4 rings (SSSR count). The van der Waals surface area contributed by atoms with Crippen LogP contribution in [-0.4, -0.2) is 29.5 Å². The fraction of sp³-hybridized carbons (Fsp3) is 0.192. The number of benzene rings is 3. The smallest absolute Gasteiger partial charge is 0.234 e. The van der Waals surface area contributed by atoms with Crippen molar-refractivity contribution in [2.75, 3.05) is 18.2 Å². The largest absolute Gasteiger partial charge is 0.497 e. The Morgan fingerprint density at radius 1 is 1.09 bits per heavy atom. The lowest BCUT2D eigenvalue weighted by molar-refractivity contribution is -0.113. The van der Waals surface area contributed by atoms with Gasteiger partial charge in [-0.1, -0.05) is 23.7 Å². The molecule has 0 fully saturated rings. The van der Waals surface area contributed by atoms with Crippen molar-refractivity contribution >= 4 is 57.1 Å². The van der Waals surface area contributed by atoms with Crippen molar-refractivity contribution in [1.82, 2.24) is 0 Å². The zero-order chi connectivity index (χ0) is 24.2. The van der Waals surface area contributed by atoms with Gasteiger partial charge in [-0.15, -0.1) is 11.8 Å². The van der Waals surface area contributed by atoms with Gasteiger partial charge >= 0.3 is 0 Å². The monoisotopic (exact) mass is 495 g/mol. The van der Waals surface area contributed by atoms with Crippen LogP contribution in [0.5, 0.6) is 5.75 Å². The van der Waals surface area contributed by atoms with E-state index in [1.165, 1.54) is 23.9 Å². The van der Waals surface area contributed by atoms with Crippen LogP contribution >= 0.6 is 23.4 Å². The van der Waals surface area contributed by atoms with Gasteiger partial charge < -0.3 is 10.1 Å². The number of halogens is 2. The van der Waals surface area contributed by atoms with E-state index in [2.05, 4.69) is 5.32 Å². The van der Waals surface area contributed by atoms with Gasteiger partial charge in [0.1, 0.15) is 11.6 Å². The van der Waals surface area contributed by atoms with Gasteiger partial charge in [-0.25, -0.2) is 9.38 Å². The third-order valence-corrected chi connectivity index (χ3v) is 6.60. The molecule has 0 aliphatic carbocycles. The highest BCUT2D eigenvalue weighted by atomic mass is 35.5. The molecule has 0 saturated heterocycles. The number of amides is 1. The zero-order valence-electron chi connectivity index (χ0n) is 19.0. The summed E-state index contributed by atoms with van der Waals surface area (Å²) in [4.78, 5) is 22.3. The maximum Gasteiger partial charge on any atom is 0.234 e. The topological polar surface area (TPSA) is 63.1 Å². The number of fused-ring (bicyclic) bond motifs is 1. The van der Waals surface area contributed by atoms with Crippen LogP contribution in [0.2, 0.25) is 5.02 Å². The Bertz CT molecular complexity index is 1320. The van der Waals surface area contributed by atoms with Crippen LogP contribution in [0.4, 0.5) is 21.5 Å². The molecule has 1 amide bonds. The number of anilines is 1. The van der Waals surface area contributed by atoms with Crippen LogP contribution in [0.15, 0.2) is 64.6 Å². The molecule has 0 atom stereocenters. The summed E-state index contributed by atoms with van der Waals surface area (Å²) in [5.41, 5.74) is 5.62. The fourth-order valence-corrected chi connectivity index (χ4v) is 4.38. The fourth-order valence-electron chi connectivity index (χ4n) is 3.45. The number of thioether (sulfide) groups is 1. The van der Waals surface area contributed by atoms with Crippen LogP contribution in [-0.2, 0) is 4.79 Å². The summed E-state index contributed by atoms with van der Waals surface area (Å²) >= 11 is 7.09. The number of methoxy groups -OCH3 is 1. The SMILES string of the molecule is COc1cccc(C2=Nc3cc(C)c(C)cc3N=C(SCC(=O)Nc3ccc(Cl)cc3F)C2)c1. The van der Waals surface area contributed by atoms with E-state index in [0.717, 1.165) is 50.6 Å². The second kappa shape index (κ2) is 10.4. The Labute approximate surface area is 207 Å². The molecule has 0 bridgehead atoms. The lowest BCUT2D eigenvalue weighted by Crippen LogP contribution is -2.17. The molecule has 1 aliphatic rings. The average Bonchev–Trinajstić information content (AvgIpc) is 2.99. The number of hydrogen-bond donors (Lipinski definition) is 1. The van der Waals surface area contributed by atoms with E-state index >= 15 is 0 Å². The zero-order valence-corrected chi connectivity index (χ0v) is 20.6. The van der Waals surface area contributed by atoms with E-state index in [4.69, 9.17) is 26.3 Å². The minimum absolute atomic E-state index is 0.0759. The molecule has 174 valence electrons. The van der Waals surface area contributed by atoms with E-state index in [9.17, 15) is 9.18 Å². The Hall–Kier alpha value is -3.16. The van der Waals surface area contributed by atoms with E-state index in [0.29, 0.717) is 6.42 Å². The number of hydrogen-bond acceptors (Lipinski definition) is 5. The maximum atomic E-state index is 14.0. The van der Waals surface area contributed by atoms with E-state index in [1.54, 1.807) is 7.11 Å². The molecule has 3 aromatic rings. The molecule has 0 spiro atoms. The third-order valence-electron chi connectivity index (χ3n) is 5.39. The summed E-state index contributed by atoms with van der Waals surface area (Å²) < 4.78 is 19.4. The van der Waals surface area contributed by atoms with Gasteiger partial charge in [0.2, 0.25) is 5.91 Å². The van der Waals surface area contributed by atoms with Gasteiger partial charge in [-0.05, 0) is 67.4 Å². The molecule has 1 N–H and O–H groups in total. The van der Waals surface area contributed by atoms with Gasteiger partial charge in [0, 0.05) is 17.0 Å². The predicted molar refractivity (Wildman–Crippen MR) is 139 cm³/mol. The van der Waals surface area contributed by atoms with Crippen molar-refractivity contribution in [3.8, 4) is 5.75 Å². The van der Waals surface area contributed by atoms with Crippen molar-refractivity contribution in [3.63, 3.8) is 0 Å². The van der Waals surface area contributed by atoms with Gasteiger partial charge in [-0.2, -0.15) is 0 Å². The molecule has 3 aromatic carbocycles. The van der Waals surface area contributed by atoms with Crippen LogP contribution < -0.4 is 10.1 Å². The van der Waals surface area contributed by atoms with E-state index in [1.807, 2.05) is 50.2 Å². The highest BCUT2D eigenvalue weighted by molar-refractivity contribution is 8.14. The highest BCUT2D eigenvalue weighted by Crippen LogP contribution is 2.36. The Morgan fingerprint density at radius 2 is 1.82 bits per heavy atom. The maximum absolute atomic E-state index is 14.0. The minimum atomic E-state index is -0.579. The van der Waals surface area contributed by atoms with Crippen molar-refractivity contribution < 1.29 is 13.9 Å². The number of nitrogens with one attached hydrogen (secondary N) is 1. The second-order valence-electron chi connectivity index (χ2n) is 7.86. The first-order chi connectivity index (χ1) is 16.3. The molecule has 34 heavy (non-hydrogen) atoms. The van der Waals surface area contributed by atoms with Gasteiger partial charge in [0.05, 0.1) is 40.7 Å². The average molecular weight is 496 g/mol. The summed E-state index contributed by atoms with van der Waals surface area (Å²) in [5.74, 6) is -0.101. The molecule has 8 heteroatoms. The summed E-state index contributed by atoms with van der Waals surface area (Å²) in [6.45, 7) is 4.07. The molecule has 1 heterocycles. The Kier molecular flexibility index (Phi) is 7.34. The van der Waals surface area contributed by atoms with Crippen LogP contribution in [0.3, 0.4) is 0 Å². The number of rotatable bonds is 5. The summed E-state index contributed by atoms with van der Waals surface area (Å²) in [7, 11) is 1.63. The van der Waals surface area contributed by atoms with Gasteiger partial charge in [0.15, 0.2) is 0 Å². The number of nitrogens with zero attached hydrogens (tertiary/aromatic N) is 2. The summed E-state index contributed by atoms with van der Waals surface area (Å²) in [5, 5.41) is 3.61. The molecule has 0 radical (unpaired) electrons. The minimum Gasteiger partial charge on any atom is -0.497 e. The van der Waals surface area contributed by atoms with Crippen molar-refractivity contribution in [3.05, 3.63) is 82.1 Å². The molecule has 0 saturated carbocycles. The normalized spacial score (nSPS) is 12.9. The second-order valence-corrected chi connectivity index (χ2v) is 9.34. The first-order valence-electron chi connectivity index (χ1n) is 10.6. The Balaban J connectivity index is 1.59. The Morgan fingerprint density at radius 3 is 2.53 bits per heavy atom. The number of carbonyl (C=O) groups excluding carboxylic acids is 1. The van der Waals surface area contributed by atoms with Gasteiger partial charge in [0.25, 0.3) is 0 Å². The lowest BCUT2D eigenvalue weighted by Gasteiger charge is -2.10. The van der Waals surface area contributed by atoms with Crippen LogP contribution in [0.25, 0.3) is 0 Å². The third kappa shape index (κ3) is 5.66. The summed E-state index contributed by atoms with van der Waals surface area (Å²) in [6.07, 6.45) is 0.452. The molecular weight excluding hydrogens is 473 g/mol. The molecule has 5 nitrogen and oxygen atoms in total. The number of aliphatic imine (C=N–C) groups is 2. The highest BCUT2D eigenvalue weighted by Gasteiger charge is 2.18. The number of carbonyl (C=O) groups is 1. The molecular formula is C26H23ClFN3O2S. The van der Waals surface area contributed by atoms with Crippen LogP contribution in [0.1, 0.15) is 23.1 Å². The van der Waals surface area contributed by atoms with Crippen molar-refractivity contribution in [1.29, 1.82) is 0 Å². The van der Waals surface area contributed by atoms with E-state index < -0.39 is 5.82 Å². The molecule has 1 aliphatic heterocycles. The lowest BCUT2D eigenvalue weighted by atomic mass is 10.1. The van der Waals surface area contributed by atoms with Crippen molar-refractivity contribution in [2.45, 2.75) is 20.3 Å². The summed E-state index contributed by atoms with van der Waals surface area (Å²) in [6, 6.07) is 15.9. The first kappa shape index (κ1) is 24.0.